The number of benzene rings is 1. The Morgan fingerprint density at radius 2 is 2.10 bits per heavy atom. The molecule has 0 spiro atoms. The van der Waals surface area contributed by atoms with Crippen molar-refractivity contribution in [1.29, 1.82) is 0 Å². The molecule has 1 rings (SSSR count). The highest BCUT2D eigenvalue weighted by Crippen LogP contribution is 2.26. The molecule has 1 aromatic carbocycles. The highest BCUT2D eigenvalue weighted by molar-refractivity contribution is 7.98. The molecular formula is C11H13ClFNO4S2. The van der Waals surface area contributed by atoms with Crippen molar-refractivity contribution in [2.75, 3.05) is 25.6 Å². The summed E-state index contributed by atoms with van der Waals surface area (Å²) in [5.41, 5.74) is -0.580. The molecule has 0 unspecified atom stereocenters. The van der Waals surface area contributed by atoms with Crippen LogP contribution in [-0.2, 0) is 10.0 Å². The molecule has 112 valence electrons. The summed E-state index contributed by atoms with van der Waals surface area (Å²) in [5, 5.41) is 8.29. The fraction of sp³-hybridized carbons (Fsp3) is 0.364. The van der Waals surface area contributed by atoms with Crippen molar-refractivity contribution in [2.45, 2.75) is 4.90 Å². The molecule has 5 nitrogen and oxygen atoms in total. The minimum Gasteiger partial charge on any atom is -0.478 e. The number of halogens is 2. The minimum atomic E-state index is -3.95. The van der Waals surface area contributed by atoms with Crippen LogP contribution in [0.1, 0.15) is 10.4 Å². The number of nitrogens with zero attached hydrogens (tertiary/aromatic N) is 1. The average Bonchev–Trinajstić information content (AvgIpc) is 2.38. The molecule has 0 heterocycles. The van der Waals surface area contributed by atoms with E-state index in [0.717, 1.165) is 16.4 Å². The maximum Gasteiger partial charge on any atom is 0.337 e. The average molecular weight is 342 g/mol. The first-order chi connectivity index (χ1) is 9.21. The second-order valence-corrected chi connectivity index (χ2v) is 7.30. The predicted molar refractivity (Wildman–Crippen MR) is 76.6 cm³/mol. The van der Waals surface area contributed by atoms with E-state index in [1.165, 1.54) is 18.8 Å². The number of hydrogen-bond donors (Lipinski definition) is 1. The molecule has 0 aliphatic rings. The summed E-state index contributed by atoms with van der Waals surface area (Å²) in [6.45, 7) is 0.232. The smallest absolute Gasteiger partial charge is 0.337 e. The Hall–Kier alpha value is -0.830. The Bertz CT molecular complexity index is 621. The van der Waals surface area contributed by atoms with E-state index in [1.54, 1.807) is 0 Å². The van der Waals surface area contributed by atoms with Gasteiger partial charge in [0.25, 0.3) is 0 Å². The monoisotopic (exact) mass is 341 g/mol. The van der Waals surface area contributed by atoms with Crippen LogP contribution in [0.4, 0.5) is 4.39 Å². The van der Waals surface area contributed by atoms with E-state index in [-0.39, 0.29) is 6.54 Å². The molecule has 0 saturated heterocycles. The van der Waals surface area contributed by atoms with Crippen LogP contribution in [0.25, 0.3) is 0 Å². The lowest BCUT2D eigenvalue weighted by atomic mass is 10.2. The van der Waals surface area contributed by atoms with Crippen molar-refractivity contribution in [3.8, 4) is 0 Å². The topological polar surface area (TPSA) is 74.7 Å². The van der Waals surface area contributed by atoms with Crippen molar-refractivity contribution >= 4 is 39.4 Å². The standard InChI is InChI=1S/C11H13ClFNO4S2/c1-14(3-4-19-2)20(17,18)7-5-8(11(15)16)10(12)9(13)6-7/h5-6H,3-4H2,1-2H3,(H,15,16). The maximum absolute atomic E-state index is 13.6. The third-order valence-corrected chi connectivity index (χ3v) is 5.36. The number of carbonyl (C=O) groups is 1. The molecule has 0 bridgehead atoms. The summed E-state index contributed by atoms with van der Waals surface area (Å²) in [5.74, 6) is -2.00. The SMILES string of the molecule is CSCCN(C)S(=O)(=O)c1cc(F)c(Cl)c(C(=O)O)c1. The number of rotatable bonds is 6. The molecule has 0 amide bonds. The molecule has 0 aliphatic carbocycles. The molecule has 0 radical (unpaired) electrons. The quantitative estimate of drug-likeness (QED) is 0.858. The van der Waals surface area contributed by atoms with Crippen molar-refractivity contribution < 1.29 is 22.7 Å². The van der Waals surface area contributed by atoms with Gasteiger partial charge in [0.05, 0.1) is 15.5 Å². The Labute approximate surface area is 125 Å². The lowest BCUT2D eigenvalue weighted by Crippen LogP contribution is -2.29. The zero-order valence-electron chi connectivity index (χ0n) is 10.8. The highest BCUT2D eigenvalue weighted by atomic mass is 35.5. The Kier molecular flexibility index (Phi) is 5.81. The van der Waals surface area contributed by atoms with Gasteiger partial charge in [-0.05, 0) is 18.4 Å². The molecule has 0 fully saturated rings. The molecule has 20 heavy (non-hydrogen) atoms. The number of hydrogen-bond acceptors (Lipinski definition) is 4. The van der Waals surface area contributed by atoms with Crippen LogP contribution in [0.2, 0.25) is 5.02 Å². The van der Waals surface area contributed by atoms with Crippen molar-refractivity contribution in [3.05, 3.63) is 28.5 Å². The van der Waals surface area contributed by atoms with E-state index < -0.39 is 37.3 Å². The fourth-order valence-corrected chi connectivity index (χ4v) is 3.36. The van der Waals surface area contributed by atoms with Crippen molar-refractivity contribution in [3.63, 3.8) is 0 Å². The van der Waals surface area contributed by atoms with Gasteiger partial charge in [0.1, 0.15) is 5.82 Å². The number of aromatic carboxylic acids is 1. The number of carboxylic acids is 1. The van der Waals surface area contributed by atoms with E-state index >= 15 is 0 Å². The Morgan fingerprint density at radius 3 is 2.60 bits per heavy atom. The molecule has 1 aromatic rings. The van der Waals surface area contributed by atoms with Gasteiger partial charge >= 0.3 is 5.97 Å². The van der Waals surface area contributed by atoms with Crippen LogP contribution in [0.15, 0.2) is 17.0 Å². The zero-order valence-corrected chi connectivity index (χ0v) is 13.1. The van der Waals surface area contributed by atoms with Crippen LogP contribution < -0.4 is 0 Å². The second-order valence-electron chi connectivity index (χ2n) is 3.89. The second kappa shape index (κ2) is 6.75. The van der Waals surface area contributed by atoms with Gasteiger partial charge in [-0.25, -0.2) is 21.9 Å². The Morgan fingerprint density at radius 1 is 1.50 bits per heavy atom. The first kappa shape index (κ1) is 17.2. The molecule has 0 atom stereocenters. The zero-order chi connectivity index (χ0) is 15.5. The number of carboxylic acid groups (broad SMARTS) is 1. The summed E-state index contributed by atoms with van der Waals surface area (Å²) in [6.07, 6.45) is 1.82. The van der Waals surface area contributed by atoms with Crippen molar-refractivity contribution in [2.24, 2.45) is 0 Å². The van der Waals surface area contributed by atoms with Crippen LogP contribution in [-0.4, -0.2) is 49.4 Å². The van der Waals surface area contributed by atoms with E-state index in [2.05, 4.69) is 0 Å². The number of sulfonamides is 1. The molecule has 0 saturated carbocycles. The van der Waals surface area contributed by atoms with Gasteiger partial charge in [-0.15, -0.1) is 0 Å². The lowest BCUT2D eigenvalue weighted by Gasteiger charge is -2.17. The first-order valence-electron chi connectivity index (χ1n) is 5.39. The minimum absolute atomic E-state index is 0.232. The summed E-state index contributed by atoms with van der Waals surface area (Å²) < 4.78 is 39.0. The molecule has 9 heteroatoms. The summed E-state index contributed by atoms with van der Waals surface area (Å²) in [7, 11) is -2.60. The highest BCUT2D eigenvalue weighted by Gasteiger charge is 2.25. The van der Waals surface area contributed by atoms with Gasteiger partial charge in [-0.1, -0.05) is 11.6 Å². The van der Waals surface area contributed by atoms with Gasteiger partial charge in [0.15, 0.2) is 0 Å². The fourth-order valence-electron chi connectivity index (χ4n) is 1.39. The van der Waals surface area contributed by atoms with Gasteiger partial charge < -0.3 is 5.11 Å². The summed E-state index contributed by atoms with van der Waals surface area (Å²) >= 11 is 6.97. The van der Waals surface area contributed by atoms with Gasteiger partial charge in [0, 0.05) is 19.3 Å². The van der Waals surface area contributed by atoms with Crippen LogP contribution in [0.3, 0.4) is 0 Å². The van der Waals surface area contributed by atoms with Gasteiger partial charge in [0.2, 0.25) is 10.0 Å². The lowest BCUT2D eigenvalue weighted by molar-refractivity contribution is 0.0696. The van der Waals surface area contributed by atoms with Crippen LogP contribution in [0, 0.1) is 5.82 Å². The predicted octanol–water partition coefficient (Wildman–Crippen LogP) is 2.16. The molecule has 1 N–H and O–H groups in total. The molecular weight excluding hydrogens is 329 g/mol. The van der Waals surface area contributed by atoms with Crippen LogP contribution in [0.5, 0.6) is 0 Å². The first-order valence-corrected chi connectivity index (χ1v) is 8.60. The molecule has 0 aromatic heterocycles. The van der Waals surface area contributed by atoms with Gasteiger partial charge in [-0.3, -0.25) is 0 Å². The van der Waals surface area contributed by atoms with Crippen molar-refractivity contribution in [1.82, 2.24) is 4.31 Å². The third kappa shape index (κ3) is 3.63. The van der Waals surface area contributed by atoms with E-state index in [1.807, 2.05) is 6.26 Å². The van der Waals surface area contributed by atoms with E-state index in [9.17, 15) is 17.6 Å². The largest absolute Gasteiger partial charge is 0.478 e. The summed E-state index contributed by atoms with van der Waals surface area (Å²) in [4.78, 5) is 10.5. The van der Waals surface area contributed by atoms with Gasteiger partial charge in [-0.2, -0.15) is 11.8 Å². The number of thioether (sulfide) groups is 1. The summed E-state index contributed by atoms with van der Waals surface area (Å²) in [6, 6.07) is 1.58. The molecule has 0 aliphatic heterocycles. The third-order valence-electron chi connectivity index (χ3n) is 2.55. The van der Waals surface area contributed by atoms with E-state index in [4.69, 9.17) is 16.7 Å². The van der Waals surface area contributed by atoms with E-state index in [0.29, 0.717) is 5.75 Å². The Balaban J connectivity index is 3.29. The normalized spacial score (nSPS) is 11.8. The maximum atomic E-state index is 13.6. The van der Waals surface area contributed by atoms with Crippen LogP contribution >= 0.6 is 23.4 Å².